The first kappa shape index (κ1) is 15.0. The van der Waals surface area contributed by atoms with Gasteiger partial charge >= 0.3 is 0 Å². The molecule has 0 saturated heterocycles. The predicted octanol–water partition coefficient (Wildman–Crippen LogP) is 2.08. The fourth-order valence-corrected chi connectivity index (χ4v) is 2.61. The summed E-state index contributed by atoms with van der Waals surface area (Å²) >= 11 is 0. The van der Waals surface area contributed by atoms with Crippen molar-refractivity contribution in [2.45, 2.75) is 12.8 Å². The van der Waals surface area contributed by atoms with Gasteiger partial charge in [-0.2, -0.15) is 20.5 Å². The van der Waals surface area contributed by atoms with Gasteiger partial charge in [-0.1, -0.05) is 18.2 Å². The van der Waals surface area contributed by atoms with Crippen LogP contribution in [0.25, 0.3) is 11.0 Å². The predicted molar refractivity (Wildman–Crippen MR) is 93.1 cm³/mol. The van der Waals surface area contributed by atoms with E-state index in [1.165, 1.54) is 5.01 Å². The number of H-pyrrole nitrogens is 1. The highest BCUT2D eigenvalue weighted by atomic mass is 16.2. The molecule has 0 aliphatic carbocycles. The van der Waals surface area contributed by atoms with Crippen LogP contribution in [0.4, 0.5) is 11.4 Å². The topological polar surface area (TPSA) is 103 Å². The lowest BCUT2D eigenvalue weighted by atomic mass is 10.1. The zero-order chi connectivity index (χ0) is 17.2. The van der Waals surface area contributed by atoms with Gasteiger partial charge in [0, 0.05) is 18.5 Å². The number of carbonyl (C=O) groups is 2. The molecule has 0 saturated carbocycles. The Morgan fingerprint density at radius 2 is 1.84 bits per heavy atom. The summed E-state index contributed by atoms with van der Waals surface area (Å²) in [5, 5.41) is 18.8. The highest BCUT2D eigenvalue weighted by Gasteiger charge is 2.25. The minimum Gasteiger partial charge on any atom is -0.321 e. The van der Waals surface area contributed by atoms with Gasteiger partial charge in [-0.15, -0.1) is 0 Å². The van der Waals surface area contributed by atoms with Crippen molar-refractivity contribution in [3.8, 4) is 0 Å². The first-order valence-corrected chi connectivity index (χ1v) is 7.78. The van der Waals surface area contributed by atoms with Crippen molar-refractivity contribution in [3.05, 3.63) is 48.5 Å². The van der Waals surface area contributed by atoms with Crippen LogP contribution < -0.4 is 10.3 Å². The lowest BCUT2D eigenvalue weighted by molar-refractivity contribution is -0.118. The Morgan fingerprint density at radius 1 is 1.04 bits per heavy atom. The van der Waals surface area contributed by atoms with Gasteiger partial charge in [0.2, 0.25) is 5.91 Å². The van der Waals surface area contributed by atoms with Crippen molar-refractivity contribution in [2.24, 2.45) is 5.10 Å². The zero-order valence-electron chi connectivity index (χ0n) is 13.1. The van der Waals surface area contributed by atoms with Crippen molar-refractivity contribution < 1.29 is 9.59 Å². The maximum Gasteiger partial charge on any atom is 0.271 e. The molecule has 2 N–H and O–H groups in total. The second kappa shape index (κ2) is 6.16. The Balaban J connectivity index is 1.57. The highest BCUT2D eigenvalue weighted by molar-refractivity contribution is 6.44. The van der Waals surface area contributed by atoms with Crippen LogP contribution in [0.2, 0.25) is 0 Å². The number of hydrogen-bond acceptors (Lipinski definition) is 5. The summed E-state index contributed by atoms with van der Waals surface area (Å²) in [7, 11) is 0. The summed E-state index contributed by atoms with van der Waals surface area (Å²) in [6, 6.07) is 14.3. The van der Waals surface area contributed by atoms with E-state index in [1.54, 1.807) is 30.3 Å². The molecule has 4 rings (SSSR count). The third-order valence-electron chi connectivity index (χ3n) is 3.87. The molecule has 25 heavy (non-hydrogen) atoms. The van der Waals surface area contributed by atoms with E-state index in [9.17, 15) is 9.59 Å². The van der Waals surface area contributed by atoms with Gasteiger partial charge in [0.05, 0.1) is 5.69 Å². The molecular formula is C17H14N6O2. The Morgan fingerprint density at radius 3 is 2.68 bits per heavy atom. The quantitative estimate of drug-likeness (QED) is 0.765. The lowest BCUT2D eigenvalue weighted by Gasteiger charge is -2.23. The third kappa shape index (κ3) is 2.97. The van der Waals surface area contributed by atoms with E-state index in [4.69, 9.17) is 0 Å². The van der Waals surface area contributed by atoms with Gasteiger partial charge < -0.3 is 5.32 Å². The van der Waals surface area contributed by atoms with Crippen LogP contribution in [0.15, 0.2) is 53.6 Å². The number of benzene rings is 2. The second-order valence-corrected chi connectivity index (χ2v) is 5.57. The average Bonchev–Trinajstić information content (AvgIpc) is 3.10. The van der Waals surface area contributed by atoms with Crippen LogP contribution in [-0.2, 0) is 9.59 Å². The summed E-state index contributed by atoms with van der Waals surface area (Å²) in [4.78, 5) is 24.6. The standard InChI is InChI=1S/C17H14N6O2/c24-16-9-8-14(21-23(16)12-4-2-1-3-5-12)17(25)18-11-6-7-13-15(10-11)20-22-19-13/h1-7,10H,8-9H2,(H,18,25)(H,19,20,22). The van der Waals surface area contributed by atoms with Gasteiger partial charge in [0.1, 0.15) is 16.7 Å². The molecule has 8 heteroatoms. The molecule has 2 aromatic carbocycles. The lowest BCUT2D eigenvalue weighted by Crippen LogP contribution is -2.36. The minimum absolute atomic E-state index is 0.133. The van der Waals surface area contributed by atoms with Crippen LogP contribution in [0.3, 0.4) is 0 Å². The summed E-state index contributed by atoms with van der Waals surface area (Å²) in [6.45, 7) is 0. The van der Waals surface area contributed by atoms with Gasteiger partial charge in [0.25, 0.3) is 5.91 Å². The van der Waals surface area contributed by atoms with E-state index in [2.05, 4.69) is 25.8 Å². The summed E-state index contributed by atoms with van der Waals surface area (Å²) in [6.07, 6.45) is 0.545. The van der Waals surface area contributed by atoms with Crippen LogP contribution in [0, 0.1) is 0 Å². The molecule has 0 bridgehead atoms. The maximum atomic E-state index is 12.5. The van der Waals surface area contributed by atoms with Crippen LogP contribution in [0.1, 0.15) is 12.8 Å². The zero-order valence-corrected chi connectivity index (χ0v) is 13.1. The number of hydrogen-bond donors (Lipinski definition) is 2. The fourth-order valence-electron chi connectivity index (χ4n) is 2.61. The number of aromatic amines is 1. The molecule has 0 fully saturated rings. The minimum atomic E-state index is -0.337. The monoisotopic (exact) mass is 334 g/mol. The molecule has 2 amide bonds. The van der Waals surface area contributed by atoms with E-state index in [-0.39, 0.29) is 18.2 Å². The number of para-hydroxylation sites is 1. The summed E-state index contributed by atoms with van der Waals surface area (Å²) in [5.41, 5.74) is 2.92. The van der Waals surface area contributed by atoms with E-state index in [0.717, 1.165) is 0 Å². The highest BCUT2D eigenvalue weighted by Crippen LogP contribution is 2.21. The first-order chi connectivity index (χ1) is 12.2. The number of nitrogens with zero attached hydrogens (tertiary/aromatic N) is 4. The fraction of sp³-hybridized carbons (Fsp3) is 0.118. The Hall–Kier alpha value is -3.55. The molecule has 0 spiro atoms. The number of carbonyl (C=O) groups excluding carboxylic acids is 2. The average molecular weight is 334 g/mol. The molecule has 124 valence electrons. The van der Waals surface area contributed by atoms with Gasteiger partial charge in [-0.25, -0.2) is 5.01 Å². The number of fused-ring (bicyclic) bond motifs is 1. The van der Waals surface area contributed by atoms with Gasteiger partial charge in [0.15, 0.2) is 0 Å². The normalized spacial score (nSPS) is 14.5. The second-order valence-electron chi connectivity index (χ2n) is 5.57. The smallest absolute Gasteiger partial charge is 0.271 e. The molecule has 1 aliphatic rings. The summed E-state index contributed by atoms with van der Waals surface area (Å²) < 4.78 is 0. The number of anilines is 2. The number of hydrazone groups is 1. The Kier molecular flexibility index (Phi) is 3.70. The molecule has 0 atom stereocenters. The molecule has 3 aromatic rings. The Bertz CT molecular complexity index is 979. The van der Waals surface area contributed by atoms with Crippen molar-refractivity contribution >= 4 is 39.9 Å². The van der Waals surface area contributed by atoms with E-state index >= 15 is 0 Å². The third-order valence-corrected chi connectivity index (χ3v) is 3.87. The van der Waals surface area contributed by atoms with E-state index < -0.39 is 0 Å². The molecular weight excluding hydrogens is 320 g/mol. The van der Waals surface area contributed by atoms with Crippen molar-refractivity contribution in [2.75, 3.05) is 10.3 Å². The largest absolute Gasteiger partial charge is 0.321 e. The van der Waals surface area contributed by atoms with E-state index in [1.807, 2.05) is 18.2 Å². The molecule has 0 radical (unpaired) electrons. The Labute approximate surface area is 142 Å². The molecule has 1 aliphatic heterocycles. The summed E-state index contributed by atoms with van der Waals surface area (Å²) in [5.74, 6) is -0.469. The van der Waals surface area contributed by atoms with E-state index in [0.29, 0.717) is 34.5 Å². The van der Waals surface area contributed by atoms with Crippen LogP contribution >= 0.6 is 0 Å². The molecule has 1 aromatic heterocycles. The number of amides is 2. The van der Waals surface area contributed by atoms with Crippen molar-refractivity contribution in [1.29, 1.82) is 0 Å². The number of nitrogens with one attached hydrogen (secondary N) is 2. The van der Waals surface area contributed by atoms with Crippen molar-refractivity contribution in [3.63, 3.8) is 0 Å². The van der Waals surface area contributed by atoms with Gasteiger partial charge in [-0.05, 0) is 30.3 Å². The van der Waals surface area contributed by atoms with Crippen LogP contribution in [0.5, 0.6) is 0 Å². The van der Waals surface area contributed by atoms with Gasteiger partial charge in [-0.3, -0.25) is 9.59 Å². The first-order valence-electron chi connectivity index (χ1n) is 7.78. The number of aromatic nitrogens is 3. The molecule has 2 heterocycles. The maximum absolute atomic E-state index is 12.5. The molecule has 0 unspecified atom stereocenters. The van der Waals surface area contributed by atoms with Crippen molar-refractivity contribution in [1.82, 2.24) is 15.4 Å². The number of rotatable bonds is 3. The van der Waals surface area contributed by atoms with Crippen LogP contribution in [-0.4, -0.2) is 32.9 Å². The molecule has 8 nitrogen and oxygen atoms in total. The SMILES string of the molecule is O=C(Nc1ccc2n[nH]nc2c1)C1=NN(c2ccccc2)C(=O)CC1.